The van der Waals surface area contributed by atoms with Gasteiger partial charge in [0.25, 0.3) is 0 Å². The van der Waals surface area contributed by atoms with Gasteiger partial charge in [-0.2, -0.15) is 0 Å². The third-order valence-electron chi connectivity index (χ3n) is 3.41. The molecule has 0 aliphatic carbocycles. The molecular weight excluding hydrogens is 284 g/mol. The Morgan fingerprint density at radius 1 is 0.905 bits per heavy atom. The van der Waals surface area contributed by atoms with Crippen molar-refractivity contribution in [2.75, 3.05) is 13.2 Å². The summed E-state index contributed by atoms with van der Waals surface area (Å²) < 4.78 is 11.8. The van der Waals surface area contributed by atoms with E-state index in [1.54, 1.807) is 0 Å². The van der Waals surface area contributed by atoms with Crippen molar-refractivity contribution in [3.8, 4) is 11.5 Å². The largest absolute Gasteiger partial charge is 0.493 e. The summed E-state index contributed by atoms with van der Waals surface area (Å²) in [6.07, 6.45) is 4.28. The highest BCUT2D eigenvalue weighted by Crippen LogP contribution is 2.39. The maximum atomic E-state index is 6.33. The maximum Gasteiger partial charge on any atom is 0.149 e. The molecule has 0 spiro atoms. The highest BCUT2D eigenvalue weighted by atomic mass is 35.5. The van der Waals surface area contributed by atoms with Gasteiger partial charge in [0.15, 0.2) is 0 Å². The van der Waals surface area contributed by atoms with Crippen molar-refractivity contribution in [3.63, 3.8) is 0 Å². The lowest BCUT2D eigenvalue weighted by Crippen LogP contribution is -2.01. The van der Waals surface area contributed by atoms with Crippen LogP contribution >= 0.6 is 11.6 Å². The van der Waals surface area contributed by atoms with Crippen LogP contribution in [0.3, 0.4) is 0 Å². The molecule has 114 valence electrons. The molecule has 2 rings (SSSR count). The zero-order chi connectivity index (χ0) is 15.1. The van der Waals surface area contributed by atoms with Crippen LogP contribution in [0.5, 0.6) is 11.5 Å². The summed E-state index contributed by atoms with van der Waals surface area (Å²) in [5.74, 6) is 1.60. The molecule has 0 saturated heterocycles. The van der Waals surface area contributed by atoms with E-state index in [1.165, 1.54) is 0 Å². The molecule has 0 saturated carbocycles. The topological polar surface area (TPSA) is 18.5 Å². The van der Waals surface area contributed by atoms with Crippen molar-refractivity contribution in [1.29, 1.82) is 0 Å². The molecule has 0 atom stereocenters. The summed E-state index contributed by atoms with van der Waals surface area (Å²) in [5.41, 5.74) is 0. The average Bonchev–Trinajstić information content (AvgIpc) is 2.50. The van der Waals surface area contributed by atoms with Gasteiger partial charge in [-0.3, -0.25) is 0 Å². The molecule has 0 bridgehead atoms. The highest BCUT2D eigenvalue weighted by Gasteiger charge is 2.12. The highest BCUT2D eigenvalue weighted by molar-refractivity contribution is 6.33. The monoisotopic (exact) mass is 306 g/mol. The van der Waals surface area contributed by atoms with Gasteiger partial charge in [0.2, 0.25) is 0 Å². The average molecular weight is 307 g/mol. The number of unbranched alkanes of at least 4 members (excludes halogenated alkanes) is 2. The van der Waals surface area contributed by atoms with E-state index in [9.17, 15) is 0 Å². The molecule has 0 N–H and O–H groups in total. The van der Waals surface area contributed by atoms with Crippen LogP contribution < -0.4 is 9.47 Å². The minimum absolute atomic E-state index is 0.644. The molecule has 0 heterocycles. The van der Waals surface area contributed by atoms with Gasteiger partial charge in [0.05, 0.1) is 23.6 Å². The van der Waals surface area contributed by atoms with E-state index in [0.29, 0.717) is 11.6 Å². The summed E-state index contributed by atoms with van der Waals surface area (Å²) in [7, 11) is 0. The van der Waals surface area contributed by atoms with Gasteiger partial charge in [-0.05, 0) is 30.4 Å². The number of fused-ring (bicyclic) bond motifs is 1. The summed E-state index contributed by atoms with van der Waals surface area (Å²) in [5, 5.41) is 2.72. The first kappa shape index (κ1) is 16.0. The molecule has 0 aliphatic rings. The van der Waals surface area contributed by atoms with Crippen LogP contribution in [0.4, 0.5) is 0 Å². The van der Waals surface area contributed by atoms with Crippen LogP contribution in [-0.2, 0) is 0 Å². The standard InChI is InChI=1S/C18H23ClO2/c1-3-5-12-20-16-9-7-8-14-10-11-15(19)18(17(14)16)21-13-6-4-2/h7-11H,3-6,12-13H2,1-2H3. The number of hydrogen-bond donors (Lipinski definition) is 0. The molecule has 0 fully saturated rings. The summed E-state index contributed by atoms with van der Waals surface area (Å²) in [6.45, 7) is 5.70. The molecule has 0 radical (unpaired) electrons. The zero-order valence-electron chi connectivity index (χ0n) is 12.8. The van der Waals surface area contributed by atoms with Gasteiger partial charge < -0.3 is 9.47 Å². The second-order valence-corrected chi connectivity index (χ2v) is 5.54. The fourth-order valence-corrected chi connectivity index (χ4v) is 2.41. The van der Waals surface area contributed by atoms with Crippen LogP contribution in [0.15, 0.2) is 30.3 Å². The van der Waals surface area contributed by atoms with Gasteiger partial charge in [-0.15, -0.1) is 0 Å². The SMILES string of the molecule is CCCCOc1cccc2ccc(Cl)c(OCCCC)c12. The second kappa shape index (κ2) is 8.14. The molecular formula is C18H23ClO2. The second-order valence-electron chi connectivity index (χ2n) is 5.13. The Morgan fingerprint density at radius 2 is 1.62 bits per heavy atom. The van der Waals surface area contributed by atoms with Crippen molar-refractivity contribution < 1.29 is 9.47 Å². The van der Waals surface area contributed by atoms with Gasteiger partial charge in [-0.25, -0.2) is 0 Å². The minimum Gasteiger partial charge on any atom is -0.493 e. The Kier molecular flexibility index (Phi) is 6.19. The number of halogens is 1. The minimum atomic E-state index is 0.644. The van der Waals surface area contributed by atoms with Crippen LogP contribution in [0.2, 0.25) is 5.02 Å². The van der Waals surface area contributed by atoms with Crippen molar-refractivity contribution >= 4 is 22.4 Å². The van der Waals surface area contributed by atoms with Crippen LogP contribution in [0.25, 0.3) is 10.8 Å². The van der Waals surface area contributed by atoms with Crippen LogP contribution in [0.1, 0.15) is 39.5 Å². The van der Waals surface area contributed by atoms with Crippen molar-refractivity contribution in [3.05, 3.63) is 35.4 Å². The molecule has 0 unspecified atom stereocenters. The lowest BCUT2D eigenvalue weighted by Gasteiger charge is -2.15. The molecule has 3 heteroatoms. The Labute approximate surface area is 132 Å². The Balaban J connectivity index is 2.36. The lowest BCUT2D eigenvalue weighted by atomic mass is 10.1. The van der Waals surface area contributed by atoms with E-state index < -0.39 is 0 Å². The summed E-state index contributed by atoms with van der Waals surface area (Å²) in [4.78, 5) is 0. The quantitative estimate of drug-likeness (QED) is 0.569. The zero-order valence-corrected chi connectivity index (χ0v) is 13.6. The first-order valence-corrected chi connectivity index (χ1v) is 8.12. The van der Waals surface area contributed by atoms with Crippen molar-refractivity contribution in [2.24, 2.45) is 0 Å². The van der Waals surface area contributed by atoms with E-state index in [0.717, 1.165) is 54.6 Å². The molecule has 21 heavy (non-hydrogen) atoms. The van der Waals surface area contributed by atoms with E-state index in [4.69, 9.17) is 21.1 Å². The van der Waals surface area contributed by atoms with Crippen LogP contribution in [-0.4, -0.2) is 13.2 Å². The number of benzene rings is 2. The smallest absolute Gasteiger partial charge is 0.149 e. The Morgan fingerprint density at radius 3 is 2.33 bits per heavy atom. The first-order valence-electron chi connectivity index (χ1n) is 7.74. The lowest BCUT2D eigenvalue weighted by molar-refractivity contribution is 0.302. The maximum absolute atomic E-state index is 6.33. The van der Waals surface area contributed by atoms with E-state index >= 15 is 0 Å². The predicted molar refractivity (Wildman–Crippen MR) is 89.8 cm³/mol. The van der Waals surface area contributed by atoms with Gasteiger partial charge in [0.1, 0.15) is 11.5 Å². The van der Waals surface area contributed by atoms with Crippen molar-refractivity contribution in [1.82, 2.24) is 0 Å². The normalized spacial score (nSPS) is 10.8. The van der Waals surface area contributed by atoms with Crippen LogP contribution in [0, 0.1) is 0 Å². The van der Waals surface area contributed by atoms with Crippen molar-refractivity contribution in [2.45, 2.75) is 39.5 Å². The fourth-order valence-electron chi connectivity index (χ4n) is 2.19. The number of rotatable bonds is 8. The molecule has 0 aromatic heterocycles. The predicted octanol–water partition coefficient (Wildman–Crippen LogP) is 5.85. The molecule has 2 aromatic carbocycles. The molecule has 2 nitrogen and oxygen atoms in total. The van der Waals surface area contributed by atoms with Gasteiger partial charge >= 0.3 is 0 Å². The molecule has 2 aromatic rings. The first-order chi connectivity index (χ1) is 10.3. The van der Waals surface area contributed by atoms with E-state index in [1.807, 2.05) is 24.3 Å². The fraction of sp³-hybridized carbons (Fsp3) is 0.444. The summed E-state index contributed by atoms with van der Waals surface area (Å²) >= 11 is 6.33. The van der Waals surface area contributed by atoms with E-state index in [-0.39, 0.29) is 0 Å². The third kappa shape index (κ3) is 4.04. The Bertz CT molecular complexity index is 581. The summed E-state index contributed by atoms with van der Waals surface area (Å²) in [6, 6.07) is 9.96. The van der Waals surface area contributed by atoms with Gasteiger partial charge in [0, 0.05) is 0 Å². The number of hydrogen-bond acceptors (Lipinski definition) is 2. The molecule has 0 aliphatic heterocycles. The third-order valence-corrected chi connectivity index (χ3v) is 3.71. The van der Waals surface area contributed by atoms with E-state index in [2.05, 4.69) is 19.9 Å². The Hall–Kier alpha value is -1.41. The van der Waals surface area contributed by atoms with Gasteiger partial charge in [-0.1, -0.05) is 56.5 Å². The molecule has 0 amide bonds. The number of ether oxygens (including phenoxy) is 2.